The van der Waals surface area contributed by atoms with Crippen molar-refractivity contribution in [3.63, 3.8) is 0 Å². The Balaban J connectivity index is 1.35. The monoisotopic (exact) mass is 352 g/mol. The van der Waals surface area contributed by atoms with Gasteiger partial charge in [0.2, 0.25) is 6.79 Å². The van der Waals surface area contributed by atoms with E-state index in [-0.39, 0.29) is 12.4 Å². The van der Waals surface area contributed by atoms with Gasteiger partial charge in [-0.05, 0) is 32.0 Å². The number of pyridine rings is 1. The Morgan fingerprint density at radius 1 is 1.15 bits per heavy atom. The van der Waals surface area contributed by atoms with Crippen molar-refractivity contribution < 1.29 is 9.47 Å². The molecule has 0 aliphatic carbocycles. The first-order chi connectivity index (χ1) is 12.6. The van der Waals surface area contributed by atoms with E-state index in [0.29, 0.717) is 18.3 Å². The SMILES string of the molecule is Cc1cc(C)n(C2CN(Cc3cc4cc5c(cc4[nH]c3=O)OCO5)C2)n1. The predicted molar refractivity (Wildman–Crippen MR) is 96.7 cm³/mol. The van der Waals surface area contributed by atoms with E-state index < -0.39 is 0 Å². The summed E-state index contributed by atoms with van der Waals surface area (Å²) in [5.74, 6) is 1.40. The van der Waals surface area contributed by atoms with Gasteiger partial charge in [0.1, 0.15) is 0 Å². The molecule has 1 saturated heterocycles. The minimum atomic E-state index is -0.0501. The quantitative estimate of drug-likeness (QED) is 0.782. The van der Waals surface area contributed by atoms with Crippen LogP contribution in [0.3, 0.4) is 0 Å². The Morgan fingerprint density at radius 3 is 2.65 bits per heavy atom. The second-order valence-corrected chi connectivity index (χ2v) is 7.14. The Bertz CT molecular complexity index is 1060. The summed E-state index contributed by atoms with van der Waals surface area (Å²) in [5, 5.41) is 5.52. The fourth-order valence-corrected chi connectivity index (χ4v) is 3.84. The molecule has 1 N–H and O–H groups in total. The number of aryl methyl sites for hydroxylation is 2. The summed E-state index contributed by atoms with van der Waals surface area (Å²) in [4.78, 5) is 17.7. The molecule has 0 saturated carbocycles. The number of likely N-dealkylation sites (tertiary alicyclic amines) is 1. The van der Waals surface area contributed by atoms with Crippen molar-refractivity contribution in [3.8, 4) is 11.5 Å². The lowest BCUT2D eigenvalue weighted by Gasteiger charge is -2.39. The minimum Gasteiger partial charge on any atom is -0.454 e. The van der Waals surface area contributed by atoms with Gasteiger partial charge in [0.05, 0.1) is 17.3 Å². The highest BCUT2D eigenvalue weighted by atomic mass is 16.7. The lowest BCUT2D eigenvalue weighted by molar-refractivity contribution is 0.0890. The zero-order chi connectivity index (χ0) is 17.8. The molecule has 7 nitrogen and oxygen atoms in total. The summed E-state index contributed by atoms with van der Waals surface area (Å²) in [6.07, 6.45) is 0. The molecule has 3 aromatic rings. The summed E-state index contributed by atoms with van der Waals surface area (Å²) in [6.45, 7) is 6.77. The number of H-pyrrole nitrogens is 1. The van der Waals surface area contributed by atoms with Crippen molar-refractivity contribution >= 4 is 10.9 Å². The lowest BCUT2D eigenvalue weighted by atomic mass is 10.1. The molecule has 0 unspecified atom stereocenters. The third kappa shape index (κ3) is 2.47. The Kier molecular flexibility index (Phi) is 3.33. The second kappa shape index (κ2) is 5.60. The van der Waals surface area contributed by atoms with Crippen LogP contribution in [0.5, 0.6) is 11.5 Å². The molecular weight excluding hydrogens is 332 g/mol. The third-order valence-electron chi connectivity index (χ3n) is 5.14. The first kappa shape index (κ1) is 15.5. The number of fused-ring (bicyclic) bond motifs is 2. The van der Waals surface area contributed by atoms with E-state index in [1.807, 2.05) is 25.1 Å². The van der Waals surface area contributed by atoms with Crippen LogP contribution in [0.15, 0.2) is 29.1 Å². The molecule has 5 rings (SSSR count). The van der Waals surface area contributed by atoms with Crippen LogP contribution in [0, 0.1) is 13.8 Å². The zero-order valence-corrected chi connectivity index (χ0v) is 14.8. The van der Waals surface area contributed by atoms with E-state index in [1.54, 1.807) is 0 Å². The summed E-state index contributed by atoms with van der Waals surface area (Å²) in [7, 11) is 0. The highest BCUT2D eigenvalue weighted by Crippen LogP contribution is 2.35. The smallest absolute Gasteiger partial charge is 0.252 e. The molecule has 26 heavy (non-hydrogen) atoms. The molecular formula is C19H20N4O3. The summed E-state index contributed by atoms with van der Waals surface area (Å²) < 4.78 is 12.9. The van der Waals surface area contributed by atoms with Gasteiger partial charge in [-0.25, -0.2) is 0 Å². The van der Waals surface area contributed by atoms with Gasteiger partial charge in [0.15, 0.2) is 11.5 Å². The van der Waals surface area contributed by atoms with E-state index in [1.165, 1.54) is 5.69 Å². The maximum atomic E-state index is 12.4. The molecule has 4 heterocycles. The van der Waals surface area contributed by atoms with Gasteiger partial charge >= 0.3 is 0 Å². The van der Waals surface area contributed by atoms with Crippen molar-refractivity contribution in [2.45, 2.75) is 26.4 Å². The van der Waals surface area contributed by atoms with Crippen LogP contribution in [-0.4, -0.2) is 39.5 Å². The number of rotatable bonds is 3. The minimum absolute atomic E-state index is 0.0501. The molecule has 134 valence electrons. The maximum Gasteiger partial charge on any atom is 0.252 e. The first-order valence-electron chi connectivity index (χ1n) is 8.77. The number of aromatic amines is 1. The predicted octanol–water partition coefficient (Wildman–Crippen LogP) is 2.13. The average Bonchev–Trinajstić information content (AvgIpc) is 3.14. The largest absolute Gasteiger partial charge is 0.454 e. The van der Waals surface area contributed by atoms with Crippen molar-refractivity contribution in [1.29, 1.82) is 0 Å². The number of hydrogen-bond donors (Lipinski definition) is 1. The van der Waals surface area contributed by atoms with Crippen molar-refractivity contribution in [1.82, 2.24) is 19.7 Å². The van der Waals surface area contributed by atoms with Gasteiger partial charge in [-0.3, -0.25) is 14.4 Å². The molecule has 0 atom stereocenters. The van der Waals surface area contributed by atoms with E-state index in [9.17, 15) is 4.79 Å². The third-order valence-corrected chi connectivity index (χ3v) is 5.14. The van der Waals surface area contributed by atoms with Gasteiger partial charge in [-0.15, -0.1) is 0 Å². The molecule has 2 aliphatic rings. The average molecular weight is 352 g/mol. The fraction of sp³-hybridized carbons (Fsp3) is 0.368. The Hall–Kier alpha value is -2.80. The van der Waals surface area contributed by atoms with Gasteiger partial charge in [0.25, 0.3) is 5.56 Å². The van der Waals surface area contributed by atoms with Crippen LogP contribution in [-0.2, 0) is 6.54 Å². The number of hydrogen-bond acceptors (Lipinski definition) is 5. The summed E-state index contributed by atoms with van der Waals surface area (Å²) >= 11 is 0. The van der Waals surface area contributed by atoms with E-state index >= 15 is 0 Å². The van der Waals surface area contributed by atoms with E-state index in [4.69, 9.17) is 9.47 Å². The van der Waals surface area contributed by atoms with Crippen LogP contribution in [0.1, 0.15) is 23.0 Å². The fourth-order valence-electron chi connectivity index (χ4n) is 3.84. The lowest BCUT2D eigenvalue weighted by Crippen LogP contribution is -2.48. The molecule has 7 heteroatoms. The van der Waals surface area contributed by atoms with Crippen molar-refractivity contribution in [2.24, 2.45) is 0 Å². The molecule has 1 fully saturated rings. The van der Waals surface area contributed by atoms with Crippen LogP contribution in [0.4, 0.5) is 0 Å². The molecule has 0 spiro atoms. The molecule has 2 aliphatic heterocycles. The topological polar surface area (TPSA) is 72.4 Å². The van der Waals surface area contributed by atoms with Crippen LogP contribution < -0.4 is 15.0 Å². The highest BCUT2D eigenvalue weighted by molar-refractivity contribution is 5.83. The maximum absolute atomic E-state index is 12.4. The molecule has 0 amide bonds. The van der Waals surface area contributed by atoms with E-state index in [2.05, 4.69) is 32.7 Å². The van der Waals surface area contributed by atoms with Crippen molar-refractivity contribution in [3.05, 3.63) is 51.6 Å². The molecule has 2 aromatic heterocycles. The summed E-state index contributed by atoms with van der Waals surface area (Å²) in [6, 6.07) is 8.18. The molecule has 0 bridgehead atoms. The normalized spacial score (nSPS) is 17.0. The zero-order valence-electron chi connectivity index (χ0n) is 14.8. The van der Waals surface area contributed by atoms with Gasteiger partial charge in [-0.2, -0.15) is 5.10 Å². The van der Waals surface area contributed by atoms with Crippen LogP contribution >= 0.6 is 0 Å². The number of aromatic nitrogens is 3. The van der Waals surface area contributed by atoms with Crippen LogP contribution in [0.25, 0.3) is 10.9 Å². The van der Waals surface area contributed by atoms with E-state index in [0.717, 1.165) is 41.0 Å². The number of ether oxygens (including phenoxy) is 2. The molecule has 1 aromatic carbocycles. The highest BCUT2D eigenvalue weighted by Gasteiger charge is 2.30. The number of nitrogens with zero attached hydrogens (tertiary/aromatic N) is 3. The second-order valence-electron chi connectivity index (χ2n) is 7.14. The van der Waals surface area contributed by atoms with Gasteiger partial charge in [0, 0.05) is 42.3 Å². The first-order valence-corrected chi connectivity index (χ1v) is 8.77. The van der Waals surface area contributed by atoms with Gasteiger partial charge < -0.3 is 14.5 Å². The van der Waals surface area contributed by atoms with Crippen LogP contribution in [0.2, 0.25) is 0 Å². The Morgan fingerprint density at radius 2 is 1.92 bits per heavy atom. The number of nitrogens with one attached hydrogen (secondary N) is 1. The standard InChI is InChI=1S/C19H20N4O3/c1-11-3-12(2)23(21-11)15-8-22(9-15)7-14-4-13-5-17-18(26-10-25-17)6-16(13)20-19(14)24/h3-6,15H,7-10H2,1-2H3,(H,20,24). The number of benzene rings is 1. The van der Waals surface area contributed by atoms with Gasteiger partial charge in [-0.1, -0.05) is 0 Å². The Labute approximate surface area is 150 Å². The van der Waals surface area contributed by atoms with Crippen molar-refractivity contribution in [2.75, 3.05) is 19.9 Å². The molecule has 0 radical (unpaired) electrons. The summed E-state index contributed by atoms with van der Waals surface area (Å²) in [5.41, 5.74) is 3.72.